The number of carboxylic acids is 1. The molecule has 2 N–H and O–H groups in total. The first-order chi connectivity index (χ1) is 12.3. The minimum atomic E-state index is -1.23. The zero-order valence-electron chi connectivity index (χ0n) is 13.6. The Hall–Kier alpha value is -1.83. The van der Waals surface area contributed by atoms with Crippen LogP contribution in [0.15, 0.2) is 51.0 Å². The van der Waals surface area contributed by atoms with Crippen LogP contribution in [-0.4, -0.2) is 17.0 Å². The number of hydrogen-bond donors (Lipinski definition) is 2. The fraction of sp³-hybridized carbons (Fsp3) is 0.111. The second kappa shape index (κ2) is 9.21. The molecule has 0 spiro atoms. The molecule has 0 aliphatic carbocycles. The molecule has 0 aliphatic rings. The van der Waals surface area contributed by atoms with Crippen molar-refractivity contribution >= 4 is 61.4 Å². The highest BCUT2D eigenvalue weighted by Crippen LogP contribution is 2.36. The highest BCUT2D eigenvalue weighted by Gasteiger charge is 2.13. The maximum absolute atomic E-state index is 11.2. The third-order valence-corrected chi connectivity index (χ3v) is 4.75. The van der Waals surface area contributed by atoms with Crippen LogP contribution in [0, 0.1) is 0 Å². The SMILES string of the molecule is CC(=O)NC(=Cc1cc(Br)c(OCc2ccccc2Cl)c(Br)c1)C(=O)O. The molecule has 0 aliphatic heterocycles. The van der Waals surface area contributed by atoms with E-state index in [1.54, 1.807) is 18.2 Å². The number of hydrogen-bond acceptors (Lipinski definition) is 3. The molecule has 136 valence electrons. The molecule has 26 heavy (non-hydrogen) atoms. The molecule has 1 amide bonds. The van der Waals surface area contributed by atoms with Gasteiger partial charge in [0.05, 0.1) is 8.95 Å². The molecular formula is C18H14Br2ClNO4. The zero-order chi connectivity index (χ0) is 19.3. The van der Waals surface area contributed by atoms with Gasteiger partial charge in [-0.15, -0.1) is 0 Å². The monoisotopic (exact) mass is 501 g/mol. The molecule has 0 atom stereocenters. The van der Waals surface area contributed by atoms with Gasteiger partial charge in [-0.2, -0.15) is 0 Å². The predicted octanol–water partition coefficient (Wildman–Crippen LogP) is 5.01. The summed E-state index contributed by atoms with van der Waals surface area (Å²) >= 11 is 13.0. The van der Waals surface area contributed by atoms with Gasteiger partial charge in [-0.25, -0.2) is 4.79 Å². The van der Waals surface area contributed by atoms with Crippen LogP contribution in [-0.2, 0) is 16.2 Å². The van der Waals surface area contributed by atoms with E-state index in [1.165, 1.54) is 13.0 Å². The first kappa shape index (κ1) is 20.5. The Labute approximate surface area is 172 Å². The topological polar surface area (TPSA) is 75.6 Å². The van der Waals surface area contributed by atoms with Crippen molar-refractivity contribution in [1.29, 1.82) is 0 Å². The van der Waals surface area contributed by atoms with Crippen molar-refractivity contribution in [1.82, 2.24) is 5.32 Å². The lowest BCUT2D eigenvalue weighted by molar-refractivity contribution is -0.134. The zero-order valence-corrected chi connectivity index (χ0v) is 17.5. The van der Waals surface area contributed by atoms with Gasteiger partial charge in [0.15, 0.2) is 0 Å². The fourth-order valence-corrected chi connectivity index (χ4v) is 3.71. The summed E-state index contributed by atoms with van der Waals surface area (Å²) in [6.45, 7) is 1.52. The Balaban J connectivity index is 2.26. The number of carboxylic acid groups (broad SMARTS) is 1. The van der Waals surface area contributed by atoms with Crippen molar-refractivity contribution in [2.75, 3.05) is 0 Å². The number of aliphatic carboxylic acids is 1. The number of carbonyl (C=O) groups excluding carboxylic acids is 1. The summed E-state index contributed by atoms with van der Waals surface area (Å²) in [5.41, 5.74) is 1.19. The van der Waals surface area contributed by atoms with Crippen LogP contribution in [0.4, 0.5) is 0 Å². The minimum Gasteiger partial charge on any atom is -0.486 e. The van der Waals surface area contributed by atoms with Gasteiger partial charge in [-0.05, 0) is 61.7 Å². The Morgan fingerprint density at radius 1 is 1.23 bits per heavy atom. The Bertz CT molecular complexity index is 860. The van der Waals surface area contributed by atoms with Gasteiger partial charge in [0.1, 0.15) is 18.1 Å². The molecule has 0 saturated carbocycles. The van der Waals surface area contributed by atoms with Gasteiger partial charge >= 0.3 is 5.97 Å². The summed E-state index contributed by atoms with van der Waals surface area (Å²) in [6, 6.07) is 10.8. The van der Waals surface area contributed by atoms with Crippen LogP contribution in [0.5, 0.6) is 5.75 Å². The van der Waals surface area contributed by atoms with E-state index in [9.17, 15) is 9.59 Å². The standard InChI is InChI=1S/C18H14Br2ClNO4/c1-10(23)22-16(18(24)25)8-11-6-13(19)17(14(20)7-11)26-9-12-4-2-3-5-15(12)21/h2-8H,9H2,1H3,(H,22,23)(H,24,25). The second-order valence-corrected chi connectivity index (χ2v) is 7.35. The first-order valence-electron chi connectivity index (χ1n) is 7.35. The van der Waals surface area contributed by atoms with Crippen molar-refractivity contribution < 1.29 is 19.4 Å². The normalized spacial score (nSPS) is 11.2. The summed E-state index contributed by atoms with van der Waals surface area (Å²) in [4.78, 5) is 22.3. The molecule has 0 unspecified atom stereocenters. The quantitative estimate of drug-likeness (QED) is 0.544. The minimum absolute atomic E-state index is 0.221. The number of amides is 1. The first-order valence-corrected chi connectivity index (χ1v) is 9.32. The van der Waals surface area contributed by atoms with E-state index in [2.05, 4.69) is 37.2 Å². The second-order valence-electron chi connectivity index (χ2n) is 5.24. The van der Waals surface area contributed by atoms with Crippen molar-refractivity contribution in [2.24, 2.45) is 0 Å². The third kappa shape index (κ3) is 5.59. The van der Waals surface area contributed by atoms with Gasteiger partial charge in [0, 0.05) is 17.5 Å². The molecule has 0 saturated heterocycles. The number of ether oxygens (including phenoxy) is 1. The lowest BCUT2D eigenvalue weighted by Crippen LogP contribution is -2.24. The van der Waals surface area contributed by atoms with E-state index >= 15 is 0 Å². The van der Waals surface area contributed by atoms with Gasteiger partial charge in [0.2, 0.25) is 5.91 Å². The molecule has 0 fully saturated rings. The van der Waals surface area contributed by atoms with Crippen molar-refractivity contribution in [3.63, 3.8) is 0 Å². The van der Waals surface area contributed by atoms with E-state index in [4.69, 9.17) is 21.4 Å². The Morgan fingerprint density at radius 2 is 1.85 bits per heavy atom. The van der Waals surface area contributed by atoms with E-state index < -0.39 is 11.9 Å². The lowest BCUT2D eigenvalue weighted by atomic mass is 10.2. The molecular weight excluding hydrogens is 489 g/mol. The molecule has 2 aromatic rings. The summed E-state index contributed by atoms with van der Waals surface area (Å²) < 4.78 is 7.07. The van der Waals surface area contributed by atoms with Gasteiger partial charge in [-0.3, -0.25) is 4.79 Å². The van der Waals surface area contributed by atoms with Crippen LogP contribution in [0.3, 0.4) is 0 Å². The number of benzene rings is 2. The van der Waals surface area contributed by atoms with Crippen molar-refractivity contribution in [3.8, 4) is 5.75 Å². The largest absolute Gasteiger partial charge is 0.486 e. The lowest BCUT2D eigenvalue weighted by Gasteiger charge is -2.12. The Kier molecular flexibility index (Phi) is 7.25. The molecule has 8 heteroatoms. The smallest absolute Gasteiger partial charge is 0.352 e. The van der Waals surface area contributed by atoms with Crippen molar-refractivity contribution in [2.45, 2.75) is 13.5 Å². The van der Waals surface area contributed by atoms with Crippen LogP contribution in [0.1, 0.15) is 18.1 Å². The fourth-order valence-electron chi connectivity index (χ4n) is 2.07. The summed E-state index contributed by atoms with van der Waals surface area (Å²) in [5.74, 6) is -1.14. The van der Waals surface area contributed by atoms with Crippen LogP contribution >= 0.6 is 43.5 Å². The molecule has 5 nitrogen and oxygen atoms in total. The van der Waals surface area contributed by atoms with E-state index in [1.807, 2.05) is 18.2 Å². The maximum Gasteiger partial charge on any atom is 0.352 e. The van der Waals surface area contributed by atoms with Crippen molar-refractivity contribution in [3.05, 3.63) is 67.2 Å². The summed E-state index contributed by atoms with van der Waals surface area (Å²) in [7, 11) is 0. The van der Waals surface area contributed by atoms with E-state index in [-0.39, 0.29) is 12.3 Å². The highest BCUT2D eigenvalue weighted by atomic mass is 79.9. The molecule has 2 rings (SSSR count). The third-order valence-electron chi connectivity index (χ3n) is 3.20. The average Bonchev–Trinajstić information content (AvgIpc) is 2.54. The summed E-state index contributed by atoms with van der Waals surface area (Å²) in [5, 5.41) is 12.1. The van der Waals surface area contributed by atoms with E-state index in [0.717, 1.165) is 5.56 Å². The molecule has 0 radical (unpaired) electrons. The van der Waals surface area contributed by atoms with Gasteiger partial charge in [-0.1, -0.05) is 29.8 Å². The highest BCUT2D eigenvalue weighted by molar-refractivity contribution is 9.11. The number of rotatable bonds is 6. The predicted molar refractivity (Wildman–Crippen MR) is 107 cm³/mol. The number of carbonyl (C=O) groups is 2. The number of halogens is 3. The molecule has 0 bridgehead atoms. The average molecular weight is 504 g/mol. The Morgan fingerprint density at radius 3 is 2.38 bits per heavy atom. The van der Waals surface area contributed by atoms with E-state index in [0.29, 0.717) is 25.3 Å². The molecule has 0 aromatic heterocycles. The molecule has 0 heterocycles. The van der Waals surface area contributed by atoms with Gasteiger partial charge < -0.3 is 15.2 Å². The van der Waals surface area contributed by atoms with Crippen LogP contribution in [0.25, 0.3) is 6.08 Å². The van der Waals surface area contributed by atoms with Gasteiger partial charge in [0.25, 0.3) is 0 Å². The maximum atomic E-state index is 11.2. The van der Waals surface area contributed by atoms with Crippen LogP contribution < -0.4 is 10.1 Å². The van der Waals surface area contributed by atoms with Crippen LogP contribution in [0.2, 0.25) is 5.02 Å². The molecule has 2 aromatic carbocycles. The summed E-state index contributed by atoms with van der Waals surface area (Å²) in [6.07, 6.45) is 1.36. The number of nitrogens with one attached hydrogen (secondary N) is 1.